The molecule has 0 aromatic heterocycles. The second kappa shape index (κ2) is 8.81. The highest BCUT2D eigenvalue weighted by atomic mass is 19.4. The van der Waals surface area contributed by atoms with Crippen LogP contribution in [0.2, 0.25) is 0 Å². The molecule has 0 bridgehead atoms. The van der Waals surface area contributed by atoms with Gasteiger partial charge in [-0.1, -0.05) is 30.3 Å². The molecular weight excluding hydrogens is 442 g/mol. The summed E-state index contributed by atoms with van der Waals surface area (Å²) in [6, 6.07) is 8.40. The number of nitrogens with one attached hydrogen (secondary N) is 1. The topological polar surface area (TPSA) is 58.6 Å². The number of para-hydroxylation sites is 1. The Kier molecular flexibility index (Phi) is 6.49. The van der Waals surface area contributed by atoms with Crippen LogP contribution in [0.15, 0.2) is 48.5 Å². The molecule has 0 spiro atoms. The number of hydrogen-bond donors (Lipinski definition) is 1. The van der Waals surface area contributed by atoms with Crippen LogP contribution in [0.1, 0.15) is 29.0 Å². The molecule has 3 rings (SSSR count). The molecule has 0 unspecified atom stereocenters. The molecular formula is C21H18F6N2O3. The van der Waals surface area contributed by atoms with Gasteiger partial charge in [0.25, 0.3) is 5.91 Å². The van der Waals surface area contributed by atoms with Gasteiger partial charge in [-0.15, -0.1) is 0 Å². The minimum Gasteiger partial charge on any atom is -0.325 e. The van der Waals surface area contributed by atoms with Crippen LogP contribution in [0, 0.1) is 5.92 Å². The number of carbonyl (C=O) groups excluding carboxylic acids is 2. The molecule has 5 nitrogen and oxygen atoms in total. The van der Waals surface area contributed by atoms with Gasteiger partial charge in [0.15, 0.2) is 0 Å². The Morgan fingerprint density at radius 2 is 1.72 bits per heavy atom. The van der Waals surface area contributed by atoms with Gasteiger partial charge < -0.3 is 5.32 Å². The fraction of sp³-hybridized carbons (Fsp3) is 0.333. The molecule has 2 amide bonds. The smallest absolute Gasteiger partial charge is 0.325 e. The molecule has 0 saturated carbocycles. The van der Waals surface area contributed by atoms with E-state index in [2.05, 4.69) is 5.32 Å². The van der Waals surface area contributed by atoms with E-state index < -0.39 is 52.8 Å². The summed E-state index contributed by atoms with van der Waals surface area (Å²) in [5.74, 6) is -4.51. The molecule has 2 aromatic rings. The molecule has 11 heteroatoms. The van der Waals surface area contributed by atoms with Crippen molar-refractivity contribution in [3.63, 3.8) is 0 Å². The molecule has 1 fully saturated rings. The second-order valence-corrected chi connectivity index (χ2v) is 7.15. The number of piperidine rings is 1. The highest BCUT2D eigenvalue weighted by Crippen LogP contribution is 2.39. The van der Waals surface area contributed by atoms with Crippen LogP contribution in [-0.4, -0.2) is 30.5 Å². The zero-order valence-corrected chi connectivity index (χ0v) is 16.6. The first-order valence-electron chi connectivity index (χ1n) is 9.43. The number of benzene rings is 2. The number of alkyl halides is 6. The number of halogens is 6. The summed E-state index contributed by atoms with van der Waals surface area (Å²) in [6.45, 7) is -0.000830. The van der Waals surface area contributed by atoms with Gasteiger partial charge in [0.05, 0.1) is 23.9 Å². The highest BCUT2D eigenvalue weighted by Gasteiger charge is 2.44. The zero-order valence-electron chi connectivity index (χ0n) is 16.6. The molecule has 0 radical (unpaired) electrons. The Morgan fingerprint density at radius 1 is 1.03 bits per heavy atom. The van der Waals surface area contributed by atoms with E-state index in [4.69, 9.17) is 4.84 Å². The monoisotopic (exact) mass is 460 g/mol. The number of anilines is 1. The van der Waals surface area contributed by atoms with Crippen molar-refractivity contribution >= 4 is 17.5 Å². The van der Waals surface area contributed by atoms with Crippen molar-refractivity contribution in [1.29, 1.82) is 0 Å². The SMILES string of the molecule is CON1CC[C@H](c2cccc(C(F)(F)F)c2)[C@@H](C(=O)Nc2ccccc2C(F)(F)F)C1=O. The first-order chi connectivity index (χ1) is 14.9. The minimum absolute atomic E-state index is 0.000830. The van der Waals surface area contributed by atoms with Crippen LogP contribution in [-0.2, 0) is 26.8 Å². The van der Waals surface area contributed by atoms with Gasteiger partial charge in [-0.2, -0.15) is 26.3 Å². The van der Waals surface area contributed by atoms with Crippen LogP contribution >= 0.6 is 0 Å². The summed E-state index contributed by atoms with van der Waals surface area (Å²) in [7, 11) is 1.18. The van der Waals surface area contributed by atoms with E-state index in [1.807, 2.05) is 0 Å². The fourth-order valence-corrected chi connectivity index (χ4v) is 3.69. The van der Waals surface area contributed by atoms with Gasteiger partial charge >= 0.3 is 12.4 Å². The average Bonchev–Trinajstić information content (AvgIpc) is 2.72. The fourth-order valence-electron chi connectivity index (χ4n) is 3.69. The normalized spacial score (nSPS) is 19.7. The molecule has 2 atom stereocenters. The van der Waals surface area contributed by atoms with E-state index >= 15 is 0 Å². The summed E-state index contributed by atoms with van der Waals surface area (Å²) in [5, 5.41) is 2.99. The number of hydroxylamine groups is 2. The molecule has 32 heavy (non-hydrogen) atoms. The third kappa shape index (κ3) is 4.87. The Balaban J connectivity index is 1.98. The van der Waals surface area contributed by atoms with E-state index in [1.54, 1.807) is 0 Å². The van der Waals surface area contributed by atoms with Crippen molar-refractivity contribution in [3.05, 3.63) is 65.2 Å². The predicted octanol–water partition coefficient (Wildman–Crippen LogP) is 4.86. The summed E-state index contributed by atoms with van der Waals surface area (Å²) in [6.07, 6.45) is -9.34. The van der Waals surface area contributed by atoms with Gasteiger partial charge in [0.1, 0.15) is 5.92 Å². The van der Waals surface area contributed by atoms with Gasteiger partial charge in [0.2, 0.25) is 5.91 Å². The van der Waals surface area contributed by atoms with Crippen LogP contribution in [0.3, 0.4) is 0 Å². The molecule has 0 aliphatic carbocycles. The van der Waals surface area contributed by atoms with Crippen molar-refractivity contribution in [2.24, 2.45) is 5.92 Å². The molecule has 1 saturated heterocycles. The summed E-state index contributed by atoms with van der Waals surface area (Å²) >= 11 is 0. The third-order valence-electron chi connectivity index (χ3n) is 5.19. The quantitative estimate of drug-likeness (QED) is 0.524. The van der Waals surface area contributed by atoms with Crippen molar-refractivity contribution in [3.8, 4) is 0 Å². The molecule has 172 valence electrons. The van der Waals surface area contributed by atoms with Crippen LogP contribution in [0.25, 0.3) is 0 Å². The van der Waals surface area contributed by atoms with E-state index in [0.717, 1.165) is 41.5 Å². The van der Waals surface area contributed by atoms with Gasteiger partial charge in [-0.25, -0.2) is 5.06 Å². The molecule has 1 heterocycles. The Bertz CT molecular complexity index is 1010. The van der Waals surface area contributed by atoms with E-state index in [-0.39, 0.29) is 18.5 Å². The average molecular weight is 460 g/mol. The van der Waals surface area contributed by atoms with Crippen molar-refractivity contribution in [2.45, 2.75) is 24.7 Å². The number of amides is 2. The third-order valence-corrected chi connectivity index (χ3v) is 5.19. The standard InChI is InChI=1S/C21H18F6N2O3/c1-32-29-10-9-14(12-5-4-6-13(11-12)20(22,23)24)17(19(29)31)18(30)28-16-8-3-2-7-15(16)21(25,26)27/h2-8,11,14,17H,9-10H2,1H3,(H,28,30)/t14-,17+/m1/s1. The Hall–Kier alpha value is -3.08. The lowest BCUT2D eigenvalue weighted by Crippen LogP contribution is -2.48. The van der Waals surface area contributed by atoms with E-state index in [9.17, 15) is 35.9 Å². The minimum atomic E-state index is -4.76. The molecule has 1 aliphatic heterocycles. The summed E-state index contributed by atoms with van der Waals surface area (Å²) in [5.41, 5.74) is -2.56. The zero-order chi connectivity index (χ0) is 23.7. The number of hydrogen-bond acceptors (Lipinski definition) is 3. The maximum Gasteiger partial charge on any atom is 0.418 e. The maximum absolute atomic E-state index is 13.3. The van der Waals surface area contributed by atoms with Gasteiger partial charge in [-0.05, 0) is 30.2 Å². The molecule has 1 aliphatic rings. The first-order valence-corrected chi connectivity index (χ1v) is 9.43. The van der Waals surface area contributed by atoms with Crippen LogP contribution < -0.4 is 5.32 Å². The van der Waals surface area contributed by atoms with Crippen molar-refractivity contribution in [1.82, 2.24) is 5.06 Å². The van der Waals surface area contributed by atoms with Gasteiger partial charge in [0, 0.05) is 12.5 Å². The first kappa shape index (κ1) is 23.6. The van der Waals surface area contributed by atoms with Gasteiger partial charge in [-0.3, -0.25) is 14.4 Å². The highest BCUT2D eigenvalue weighted by molar-refractivity contribution is 6.07. The second-order valence-electron chi connectivity index (χ2n) is 7.15. The number of rotatable bonds is 4. The van der Waals surface area contributed by atoms with Crippen molar-refractivity contribution < 1.29 is 40.8 Å². The number of carbonyl (C=O) groups is 2. The largest absolute Gasteiger partial charge is 0.418 e. The molecule has 1 N–H and O–H groups in total. The van der Waals surface area contributed by atoms with E-state index in [1.165, 1.54) is 19.2 Å². The summed E-state index contributed by atoms with van der Waals surface area (Å²) < 4.78 is 79.3. The Labute approximate surface area is 178 Å². The van der Waals surface area contributed by atoms with Crippen LogP contribution in [0.5, 0.6) is 0 Å². The summed E-state index contributed by atoms with van der Waals surface area (Å²) in [4.78, 5) is 30.7. The Morgan fingerprint density at radius 3 is 2.34 bits per heavy atom. The lowest BCUT2D eigenvalue weighted by atomic mass is 9.79. The van der Waals surface area contributed by atoms with E-state index in [0.29, 0.717) is 0 Å². The number of nitrogens with zero attached hydrogens (tertiary/aromatic N) is 1. The molecule has 2 aromatic carbocycles. The maximum atomic E-state index is 13.3. The van der Waals surface area contributed by atoms with Crippen molar-refractivity contribution in [2.75, 3.05) is 19.0 Å². The lowest BCUT2D eigenvalue weighted by Gasteiger charge is -2.36. The van der Waals surface area contributed by atoms with Crippen LogP contribution in [0.4, 0.5) is 32.0 Å². The predicted molar refractivity (Wildman–Crippen MR) is 101 cm³/mol. The lowest BCUT2D eigenvalue weighted by molar-refractivity contribution is -0.188.